The van der Waals surface area contributed by atoms with E-state index in [1.54, 1.807) is 16.8 Å². The molecule has 6 heteroatoms. The predicted octanol–water partition coefficient (Wildman–Crippen LogP) is 2.68. The van der Waals surface area contributed by atoms with Gasteiger partial charge >= 0.3 is 0 Å². The molecule has 3 rings (SSSR count). The highest BCUT2D eigenvalue weighted by atomic mass is 19.1. The van der Waals surface area contributed by atoms with Crippen molar-refractivity contribution in [2.45, 2.75) is 45.4 Å². The van der Waals surface area contributed by atoms with E-state index in [2.05, 4.69) is 10.4 Å². The fourth-order valence-electron chi connectivity index (χ4n) is 3.12. The molecule has 0 saturated carbocycles. The Hall–Kier alpha value is -2.21. The number of nitrogens with zero attached hydrogens (tertiary/aromatic N) is 2. The normalized spacial score (nSPS) is 18.5. The molecule has 24 heavy (non-hydrogen) atoms. The van der Waals surface area contributed by atoms with E-state index in [-0.39, 0.29) is 30.4 Å². The van der Waals surface area contributed by atoms with Gasteiger partial charge in [-0.3, -0.25) is 9.48 Å². The van der Waals surface area contributed by atoms with Crippen LogP contribution in [0, 0.1) is 19.7 Å². The number of halogens is 1. The van der Waals surface area contributed by atoms with Crippen LogP contribution < -0.4 is 5.32 Å². The molecule has 0 bridgehead atoms. The van der Waals surface area contributed by atoms with Crippen LogP contribution in [0.25, 0.3) is 0 Å². The molecular formula is C18H22FN3O2. The predicted molar refractivity (Wildman–Crippen MR) is 88.0 cm³/mol. The highest BCUT2D eigenvalue weighted by molar-refractivity contribution is 5.76. The highest BCUT2D eigenvalue weighted by Gasteiger charge is 2.29. The molecule has 1 fully saturated rings. The summed E-state index contributed by atoms with van der Waals surface area (Å²) < 4.78 is 20.6. The lowest BCUT2D eigenvalue weighted by molar-refractivity contribution is -0.123. The Balaban J connectivity index is 1.74. The molecule has 0 spiro atoms. The van der Waals surface area contributed by atoms with Gasteiger partial charge in [0.2, 0.25) is 5.91 Å². The molecule has 1 aliphatic heterocycles. The van der Waals surface area contributed by atoms with E-state index >= 15 is 0 Å². The molecule has 0 unspecified atom stereocenters. The monoisotopic (exact) mass is 331 g/mol. The molecule has 1 aromatic carbocycles. The van der Waals surface area contributed by atoms with Gasteiger partial charge in [0.05, 0.1) is 17.8 Å². The molecule has 1 aromatic heterocycles. The lowest BCUT2D eigenvalue weighted by atomic mass is 9.99. The minimum Gasteiger partial charge on any atom is -0.376 e. The molecule has 5 nitrogen and oxygen atoms in total. The summed E-state index contributed by atoms with van der Waals surface area (Å²) in [7, 11) is 0. The number of rotatable bonds is 5. The van der Waals surface area contributed by atoms with Crippen molar-refractivity contribution in [3.63, 3.8) is 0 Å². The zero-order valence-electron chi connectivity index (χ0n) is 14.0. The van der Waals surface area contributed by atoms with Gasteiger partial charge in [-0.25, -0.2) is 4.39 Å². The van der Waals surface area contributed by atoms with Crippen LogP contribution in [0.3, 0.4) is 0 Å². The van der Waals surface area contributed by atoms with Gasteiger partial charge in [0.1, 0.15) is 12.4 Å². The second kappa shape index (κ2) is 7.13. The van der Waals surface area contributed by atoms with Gasteiger partial charge in [0.15, 0.2) is 0 Å². The zero-order valence-corrected chi connectivity index (χ0v) is 14.0. The molecule has 2 aromatic rings. The van der Waals surface area contributed by atoms with Gasteiger partial charge in [-0.2, -0.15) is 5.10 Å². The van der Waals surface area contributed by atoms with Crippen molar-refractivity contribution in [3.05, 3.63) is 53.1 Å². The van der Waals surface area contributed by atoms with Crippen molar-refractivity contribution >= 4 is 5.91 Å². The van der Waals surface area contributed by atoms with Crippen molar-refractivity contribution < 1.29 is 13.9 Å². The minimum atomic E-state index is -0.293. The molecule has 1 N–H and O–H groups in total. The number of amides is 1. The fourth-order valence-corrected chi connectivity index (χ4v) is 3.12. The number of benzene rings is 1. The second-order valence-corrected chi connectivity index (χ2v) is 6.23. The third kappa shape index (κ3) is 3.82. The van der Waals surface area contributed by atoms with Crippen LogP contribution in [-0.2, 0) is 16.1 Å². The molecule has 2 heterocycles. The van der Waals surface area contributed by atoms with Crippen molar-refractivity contribution in [1.82, 2.24) is 15.1 Å². The molecule has 128 valence electrons. The Labute approximate surface area is 140 Å². The first-order valence-corrected chi connectivity index (χ1v) is 8.20. The standard InChI is InChI=1S/C18H22FN3O2/c1-12-10-13(2)22(21-12)11-17(23)20-18(16-4-3-9-24-16)14-5-7-15(19)8-6-14/h5-8,10,16,18H,3-4,9,11H2,1-2H3,(H,20,23)/t16-,18-/m1/s1. The first kappa shape index (κ1) is 16.6. The van der Waals surface area contributed by atoms with E-state index < -0.39 is 0 Å². The van der Waals surface area contributed by atoms with Crippen molar-refractivity contribution in [3.8, 4) is 0 Å². The van der Waals surface area contributed by atoms with Crippen LogP contribution in [0.15, 0.2) is 30.3 Å². The Bertz CT molecular complexity index is 706. The maximum atomic E-state index is 13.2. The van der Waals surface area contributed by atoms with Crippen LogP contribution in [0.5, 0.6) is 0 Å². The first-order chi connectivity index (χ1) is 11.5. The van der Waals surface area contributed by atoms with E-state index in [1.807, 2.05) is 19.9 Å². The molecule has 0 aliphatic carbocycles. The first-order valence-electron chi connectivity index (χ1n) is 8.20. The van der Waals surface area contributed by atoms with Crippen LogP contribution >= 0.6 is 0 Å². The molecule has 0 radical (unpaired) electrons. The maximum absolute atomic E-state index is 13.2. The number of hydrogen-bond acceptors (Lipinski definition) is 3. The Morgan fingerprint density at radius 3 is 2.75 bits per heavy atom. The summed E-state index contributed by atoms with van der Waals surface area (Å²) in [6.07, 6.45) is 1.76. The SMILES string of the molecule is Cc1cc(C)n(CC(=O)N[C@H](c2ccc(F)cc2)[C@H]2CCCO2)n1. The number of aromatic nitrogens is 2. The number of ether oxygens (including phenoxy) is 1. The molecule has 2 atom stereocenters. The topological polar surface area (TPSA) is 56.2 Å². The lowest BCUT2D eigenvalue weighted by Gasteiger charge is -2.25. The van der Waals surface area contributed by atoms with Crippen LogP contribution in [0.4, 0.5) is 4.39 Å². The van der Waals surface area contributed by atoms with Crippen LogP contribution in [-0.4, -0.2) is 28.4 Å². The Kier molecular flexibility index (Phi) is 4.94. The van der Waals surface area contributed by atoms with Crippen molar-refractivity contribution in [2.24, 2.45) is 0 Å². The number of aryl methyl sites for hydroxylation is 2. The molecular weight excluding hydrogens is 309 g/mol. The zero-order chi connectivity index (χ0) is 17.1. The van der Waals surface area contributed by atoms with Crippen molar-refractivity contribution in [2.75, 3.05) is 6.61 Å². The minimum absolute atomic E-state index is 0.0835. The van der Waals surface area contributed by atoms with E-state index in [1.165, 1.54) is 12.1 Å². The Morgan fingerprint density at radius 1 is 1.42 bits per heavy atom. The van der Waals surface area contributed by atoms with Gasteiger partial charge in [0.25, 0.3) is 0 Å². The summed E-state index contributed by atoms with van der Waals surface area (Å²) in [6, 6.07) is 7.87. The largest absolute Gasteiger partial charge is 0.376 e. The smallest absolute Gasteiger partial charge is 0.242 e. The number of carbonyl (C=O) groups excluding carboxylic acids is 1. The lowest BCUT2D eigenvalue weighted by Crippen LogP contribution is -2.38. The van der Waals surface area contributed by atoms with Crippen LogP contribution in [0.2, 0.25) is 0 Å². The van der Waals surface area contributed by atoms with E-state index in [0.717, 1.165) is 29.8 Å². The fraction of sp³-hybridized carbons (Fsp3) is 0.444. The summed E-state index contributed by atoms with van der Waals surface area (Å²) in [5.41, 5.74) is 2.68. The average Bonchev–Trinajstić information content (AvgIpc) is 3.16. The third-order valence-corrected chi connectivity index (χ3v) is 4.28. The van der Waals surface area contributed by atoms with E-state index in [4.69, 9.17) is 4.74 Å². The average molecular weight is 331 g/mol. The van der Waals surface area contributed by atoms with E-state index in [0.29, 0.717) is 6.61 Å². The van der Waals surface area contributed by atoms with E-state index in [9.17, 15) is 9.18 Å². The summed E-state index contributed by atoms with van der Waals surface area (Å²) in [4.78, 5) is 12.5. The summed E-state index contributed by atoms with van der Waals surface area (Å²) >= 11 is 0. The number of nitrogens with one attached hydrogen (secondary N) is 1. The molecule has 1 saturated heterocycles. The highest BCUT2D eigenvalue weighted by Crippen LogP contribution is 2.27. The van der Waals surface area contributed by atoms with Crippen LogP contribution in [0.1, 0.15) is 35.8 Å². The van der Waals surface area contributed by atoms with Gasteiger partial charge in [-0.1, -0.05) is 12.1 Å². The van der Waals surface area contributed by atoms with Gasteiger partial charge in [-0.15, -0.1) is 0 Å². The maximum Gasteiger partial charge on any atom is 0.242 e. The van der Waals surface area contributed by atoms with Gasteiger partial charge in [0, 0.05) is 12.3 Å². The summed E-state index contributed by atoms with van der Waals surface area (Å²) in [6.45, 7) is 4.67. The quantitative estimate of drug-likeness (QED) is 0.916. The van der Waals surface area contributed by atoms with Gasteiger partial charge < -0.3 is 10.1 Å². The van der Waals surface area contributed by atoms with Gasteiger partial charge in [-0.05, 0) is 50.5 Å². The van der Waals surface area contributed by atoms with Crippen molar-refractivity contribution in [1.29, 1.82) is 0 Å². The summed E-state index contributed by atoms with van der Waals surface area (Å²) in [5.74, 6) is -0.426. The Morgan fingerprint density at radius 2 is 2.17 bits per heavy atom. The molecule has 1 aliphatic rings. The molecule has 1 amide bonds. The number of carbonyl (C=O) groups is 1. The second-order valence-electron chi connectivity index (χ2n) is 6.23. The summed E-state index contributed by atoms with van der Waals surface area (Å²) in [5, 5.41) is 7.35. The third-order valence-electron chi connectivity index (χ3n) is 4.28. The number of hydrogen-bond donors (Lipinski definition) is 1.